The van der Waals surface area contributed by atoms with E-state index in [1.807, 2.05) is 6.92 Å². The maximum atomic E-state index is 9.31. The molecular weight excluding hydrogens is 164 g/mol. The van der Waals surface area contributed by atoms with E-state index < -0.39 is 0 Å². The van der Waals surface area contributed by atoms with E-state index in [0.717, 1.165) is 19.6 Å². The zero-order chi connectivity index (χ0) is 9.84. The first-order chi connectivity index (χ1) is 6.13. The van der Waals surface area contributed by atoms with E-state index in [9.17, 15) is 5.11 Å². The van der Waals surface area contributed by atoms with E-state index >= 15 is 0 Å². The highest BCUT2D eigenvalue weighted by Crippen LogP contribution is 2.20. The van der Waals surface area contributed by atoms with Gasteiger partial charge in [0, 0.05) is 19.1 Å². The molecule has 3 N–H and O–H groups in total. The molecule has 0 spiro atoms. The SMILES string of the molecule is CC1CCC(CN)CN1C[C@@H](C)O. The molecule has 3 atom stereocenters. The quantitative estimate of drug-likeness (QED) is 0.672. The first-order valence-corrected chi connectivity index (χ1v) is 5.25. The number of β-amino-alcohol motifs (C(OH)–C–C–N with tert-alkyl or cyclic N) is 1. The minimum Gasteiger partial charge on any atom is -0.392 e. The van der Waals surface area contributed by atoms with Crippen LogP contribution < -0.4 is 5.73 Å². The van der Waals surface area contributed by atoms with E-state index in [4.69, 9.17) is 5.73 Å². The molecule has 1 fully saturated rings. The molecule has 13 heavy (non-hydrogen) atoms. The minimum atomic E-state index is -0.223. The summed E-state index contributed by atoms with van der Waals surface area (Å²) in [7, 11) is 0. The summed E-state index contributed by atoms with van der Waals surface area (Å²) < 4.78 is 0. The molecule has 0 saturated carbocycles. The molecule has 0 aromatic carbocycles. The van der Waals surface area contributed by atoms with Crippen LogP contribution in [0.3, 0.4) is 0 Å². The molecule has 78 valence electrons. The Morgan fingerprint density at radius 3 is 2.77 bits per heavy atom. The number of hydrogen-bond acceptors (Lipinski definition) is 3. The maximum Gasteiger partial charge on any atom is 0.0639 e. The Morgan fingerprint density at radius 1 is 1.54 bits per heavy atom. The third kappa shape index (κ3) is 3.25. The maximum absolute atomic E-state index is 9.31. The molecule has 1 rings (SSSR count). The number of nitrogens with two attached hydrogens (primary N) is 1. The number of nitrogens with zero attached hydrogens (tertiary/aromatic N) is 1. The molecule has 0 aromatic rings. The lowest BCUT2D eigenvalue weighted by molar-refractivity contribution is 0.0632. The van der Waals surface area contributed by atoms with Crippen LogP contribution in [-0.2, 0) is 0 Å². The fraction of sp³-hybridized carbons (Fsp3) is 1.00. The molecule has 3 nitrogen and oxygen atoms in total. The van der Waals surface area contributed by atoms with Gasteiger partial charge in [0.15, 0.2) is 0 Å². The van der Waals surface area contributed by atoms with Crippen molar-refractivity contribution in [3.05, 3.63) is 0 Å². The Kier molecular flexibility index (Phi) is 4.16. The number of aliphatic hydroxyl groups is 1. The first kappa shape index (κ1) is 11.0. The van der Waals surface area contributed by atoms with Crippen molar-refractivity contribution >= 4 is 0 Å². The topological polar surface area (TPSA) is 49.5 Å². The smallest absolute Gasteiger partial charge is 0.0639 e. The predicted octanol–water partition coefficient (Wildman–Crippen LogP) is 0.426. The van der Waals surface area contributed by atoms with Crippen molar-refractivity contribution in [1.82, 2.24) is 4.90 Å². The fourth-order valence-electron chi connectivity index (χ4n) is 2.05. The van der Waals surface area contributed by atoms with Gasteiger partial charge in [-0.2, -0.15) is 0 Å². The Hall–Kier alpha value is -0.120. The lowest BCUT2D eigenvalue weighted by Crippen LogP contribution is -2.46. The second-order valence-electron chi connectivity index (χ2n) is 4.33. The van der Waals surface area contributed by atoms with Crippen molar-refractivity contribution in [3.8, 4) is 0 Å². The van der Waals surface area contributed by atoms with Crippen LogP contribution in [0.4, 0.5) is 0 Å². The van der Waals surface area contributed by atoms with Gasteiger partial charge in [-0.25, -0.2) is 0 Å². The summed E-state index contributed by atoms with van der Waals surface area (Å²) in [5, 5.41) is 9.31. The van der Waals surface area contributed by atoms with Crippen LogP contribution in [0.5, 0.6) is 0 Å². The summed E-state index contributed by atoms with van der Waals surface area (Å²) in [5.41, 5.74) is 5.65. The van der Waals surface area contributed by atoms with Crippen LogP contribution in [0, 0.1) is 5.92 Å². The third-order valence-electron chi connectivity index (χ3n) is 2.94. The Morgan fingerprint density at radius 2 is 2.23 bits per heavy atom. The molecule has 0 aromatic heterocycles. The van der Waals surface area contributed by atoms with Gasteiger partial charge >= 0.3 is 0 Å². The fourth-order valence-corrected chi connectivity index (χ4v) is 2.05. The van der Waals surface area contributed by atoms with Crippen LogP contribution in [-0.4, -0.2) is 41.8 Å². The van der Waals surface area contributed by atoms with Gasteiger partial charge in [0.25, 0.3) is 0 Å². The normalized spacial score (nSPS) is 33.2. The average molecular weight is 186 g/mol. The van der Waals surface area contributed by atoms with Gasteiger partial charge in [0.1, 0.15) is 0 Å². The summed E-state index contributed by atoms with van der Waals surface area (Å²) in [4.78, 5) is 2.35. The monoisotopic (exact) mass is 186 g/mol. The lowest BCUT2D eigenvalue weighted by atomic mass is 9.93. The second kappa shape index (κ2) is 4.94. The predicted molar refractivity (Wildman–Crippen MR) is 54.5 cm³/mol. The third-order valence-corrected chi connectivity index (χ3v) is 2.94. The number of piperidine rings is 1. The summed E-state index contributed by atoms with van der Waals surface area (Å²) in [5.74, 6) is 0.634. The highest BCUT2D eigenvalue weighted by atomic mass is 16.3. The van der Waals surface area contributed by atoms with Crippen molar-refractivity contribution in [2.24, 2.45) is 11.7 Å². The molecule has 0 aliphatic carbocycles. The molecule has 2 unspecified atom stereocenters. The number of likely N-dealkylation sites (tertiary alicyclic amines) is 1. The van der Waals surface area contributed by atoms with Crippen LogP contribution in [0.2, 0.25) is 0 Å². The summed E-state index contributed by atoms with van der Waals surface area (Å²) >= 11 is 0. The van der Waals surface area contributed by atoms with Gasteiger partial charge in [-0.15, -0.1) is 0 Å². The molecule has 0 bridgehead atoms. The number of aliphatic hydroxyl groups excluding tert-OH is 1. The zero-order valence-electron chi connectivity index (χ0n) is 8.74. The minimum absolute atomic E-state index is 0.223. The summed E-state index contributed by atoms with van der Waals surface area (Å²) in [6.07, 6.45) is 2.24. The van der Waals surface area contributed by atoms with Gasteiger partial charge in [0.2, 0.25) is 0 Å². The summed E-state index contributed by atoms with van der Waals surface area (Å²) in [6, 6.07) is 0.609. The van der Waals surface area contributed by atoms with Crippen LogP contribution in [0.25, 0.3) is 0 Å². The second-order valence-corrected chi connectivity index (χ2v) is 4.33. The molecule has 0 amide bonds. The Bertz CT molecular complexity index is 150. The molecule has 0 radical (unpaired) electrons. The zero-order valence-corrected chi connectivity index (χ0v) is 8.74. The Labute approximate surface area is 80.9 Å². The van der Waals surface area contributed by atoms with Crippen LogP contribution >= 0.6 is 0 Å². The lowest BCUT2D eigenvalue weighted by Gasteiger charge is -2.38. The van der Waals surface area contributed by atoms with E-state index in [1.165, 1.54) is 12.8 Å². The Balaban J connectivity index is 2.40. The average Bonchev–Trinajstić information content (AvgIpc) is 2.08. The molecule has 1 heterocycles. The van der Waals surface area contributed by atoms with Crippen molar-refractivity contribution in [2.45, 2.75) is 38.8 Å². The van der Waals surface area contributed by atoms with Gasteiger partial charge in [-0.1, -0.05) is 0 Å². The highest BCUT2D eigenvalue weighted by Gasteiger charge is 2.24. The van der Waals surface area contributed by atoms with E-state index in [1.54, 1.807) is 0 Å². The molecule has 1 aliphatic heterocycles. The van der Waals surface area contributed by atoms with Crippen LogP contribution in [0.15, 0.2) is 0 Å². The largest absolute Gasteiger partial charge is 0.392 e. The van der Waals surface area contributed by atoms with Crippen molar-refractivity contribution in [2.75, 3.05) is 19.6 Å². The number of rotatable bonds is 3. The van der Waals surface area contributed by atoms with Crippen molar-refractivity contribution in [3.63, 3.8) is 0 Å². The van der Waals surface area contributed by atoms with E-state index in [-0.39, 0.29) is 6.10 Å². The van der Waals surface area contributed by atoms with E-state index in [0.29, 0.717) is 12.0 Å². The van der Waals surface area contributed by atoms with Gasteiger partial charge in [0.05, 0.1) is 6.10 Å². The molecule has 1 saturated heterocycles. The van der Waals surface area contributed by atoms with Gasteiger partial charge in [-0.3, -0.25) is 4.90 Å². The molecule has 3 heteroatoms. The van der Waals surface area contributed by atoms with Gasteiger partial charge < -0.3 is 10.8 Å². The highest BCUT2D eigenvalue weighted by molar-refractivity contribution is 4.80. The standard InChI is InChI=1S/C10H22N2O/c1-8-3-4-10(5-11)7-12(8)6-9(2)13/h8-10,13H,3-7,11H2,1-2H3/t8?,9-,10?/m1/s1. The molecular formula is C10H22N2O. The van der Waals surface area contributed by atoms with Crippen molar-refractivity contribution in [1.29, 1.82) is 0 Å². The van der Waals surface area contributed by atoms with E-state index in [2.05, 4.69) is 11.8 Å². The van der Waals surface area contributed by atoms with Crippen LogP contribution in [0.1, 0.15) is 26.7 Å². The summed E-state index contributed by atoms with van der Waals surface area (Å²) in [6.45, 7) is 6.71. The first-order valence-electron chi connectivity index (χ1n) is 5.25. The number of hydrogen-bond donors (Lipinski definition) is 2. The van der Waals surface area contributed by atoms with Crippen molar-refractivity contribution < 1.29 is 5.11 Å². The van der Waals surface area contributed by atoms with Gasteiger partial charge in [-0.05, 0) is 39.2 Å². The molecule has 1 aliphatic rings.